The monoisotopic (exact) mass is 208 g/mol. The van der Waals surface area contributed by atoms with Crippen LogP contribution in [0.2, 0.25) is 0 Å². The fourth-order valence-electron chi connectivity index (χ4n) is 1.41. The molecule has 3 heteroatoms. The van der Waals surface area contributed by atoms with Gasteiger partial charge in [0.25, 0.3) is 0 Å². The standard InChI is InChI=1S/C12H20N2O/c1-3-4-9-15-12(10(2)13)11-7-5-6-8-14-11/h5-8,10,12H,3-4,9,13H2,1-2H3. The van der Waals surface area contributed by atoms with Crippen molar-refractivity contribution < 1.29 is 4.74 Å². The molecule has 84 valence electrons. The van der Waals surface area contributed by atoms with Gasteiger partial charge < -0.3 is 10.5 Å². The highest BCUT2D eigenvalue weighted by molar-refractivity contribution is 5.08. The highest BCUT2D eigenvalue weighted by Gasteiger charge is 2.17. The van der Waals surface area contributed by atoms with Crippen LogP contribution in [0.15, 0.2) is 24.4 Å². The van der Waals surface area contributed by atoms with Gasteiger partial charge in [0.2, 0.25) is 0 Å². The lowest BCUT2D eigenvalue weighted by molar-refractivity contribution is 0.0337. The van der Waals surface area contributed by atoms with Crippen molar-refractivity contribution in [3.05, 3.63) is 30.1 Å². The fraction of sp³-hybridized carbons (Fsp3) is 0.583. The minimum Gasteiger partial charge on any atom is -0.370 e. The van der Waals surface area contributed by atoms with Crippen LogP contribution in [0.1, 0.15) is 38.5 Å². The molecule has 0 aromatic carbocycles. The van der Waals surface area contributed by atoms with Crippen LogP contribution >= 0.6 is 0 Å². The van der Waals surface area contributed by atoms with Crippen molar-refractivity contribution in [2.45, 2.75) is 38.8 Å². The summed E-state index contributed by atoms with van der Waals surface area (Å²) in [6.45, 7) is 4.84. The predicted octanol–water partition coefficient (Wildman–Crippen LogP) is 2.29. The van der Waals surface area contributed by atoms with Gasteiger partial charge in [0.1, 0.15) is 6.10 Å². The molecule has 1 aromatic rings. The van der Waals surface area contributed by atoms with E-state index in [1.54, 1.807) is 6.20 Å². The first-order valence-corrected chi connectivity index (χ1v) is 5.53. The minimum atomic E-state index is -0.0854. The smallest absolute Gasteiger partial charge is 0.114 e. The van der Waals surface area contributed by atoms with E-state index in [2.05, 4.69) is 11.9 Å². The molecule has 1 rings (SSSR count). The highest BCUT2D eigenvalue weighted by atomic mass is 16.5. The van der Waals surface area contributed by atoms with Gasteiger partial charge in [-0.15, -0.1) is 0 Å². The first kappa shape index (κ1) is 12.1. The largest absolute Gasteiger partial charge is 0.370 e. The third-order valence-corrected chi connectivity index (χ3v) is 2.25. The summed E-state index contributed by atoms with van der Waals surface area (Å²) in [5.41, 5.74) is 6.81. The van der Waals surface area contributed by atoms with Gasteiger partial charge in [0, 0.05) is 18.8 Å². The quantitative estimate of drug-likeness (QED) is 0.730. The Balaban J connectivity index is 2.58. The van der Waals surface area contributed by atoms with Gasteiger partial charge in [-0.25, -0.2) is 0 Å². The molecule has 0 saturated carbocycles. The van der Waals surface area contributed by atoms with Crippen LogP contribution in [-0.2, 0) is 4.74 Å². The van der Waals surface area contributed by atoms with Crippen LogP contribution in [0, 0.1) is 0 Å². The molecule has 1 aromatic heterocycles. The molecule has 0 aliphatic carbocycles. The van der Waals surface area contributed by atoms with E-state index in [4.69, 9.17) is 10.5 Å². The molecule has 2 atom stereocenters. The average Bonchev–Trinajstić information content (AvgIpc) is 2.25. The number of nitrogens with zero attached hydrogens (tertiary/aromatic N) is 1. The summed E-state index contributed by atoms with van der Waals surface area (Å²) < 4.78 is 5.74. The first-order valence-electron chi connectivity index (χ1n) is 5.53. The Labute approximate surface area is 91.7 Å². The first-order chi connectivity index (χ1) is 7.25. The summed E-state index contributed by atoms with van der Waals surface area (Å²) in [4.78, 5) is 4.27. The van der Waals surface area contributed by atoms with Gasteiger partial charge in [0.05, 0.1) is 5.69 Å². The van der Waals surface area contributed by atoms with E-state index in [9.17, 15) is 0 Å². The number of nitrogens with two attached hydrogens (primary N) is 1. The topological polar surface area (TPSA) is 48.1 Å². The Kier molecular flexibility index (Phi) is 5.29. The van der Waals surface area contributed by atoms with E-state index in [0.717, 1.165) is 25.1 Å². The number of hydrogen-bond acceptors (Lipinski definition) is 3. The Morgan fingerprint density at radius 1 is 1.47 bits per heavy atom. The van der Waals surface area contributed by atoms with E-state index in [1.165, 1.54) is 0 Å². The SMILES string of the molecule is CCCCOC(c1ccccn1)C(C)N. The Morgan fingerprint density at radius 2 is 2.27 bits per heavy atom. The van der Waals surface area contributed by atoms with Crippen LogP contribution < -0.4 is 5.73 Å². The Morgan fingerprint density at radius 3 is 2.80 bits per heavy atom. The lowest BCUT2D eigenvalue weighted by atomic mass is 10.1. The number of aromatic nitrogens is 1. The Bertz CT molecular complexity index is 262. The second-order valence-corrected chi connectivity index (χ2v) is 3.76. The van der Waals surface area contributed by atoms with E-state index < -0.39 is 0 Å². The molecule has 0 fully saturated rings. The van der Waals surface area contributed by atoms with Crippen LogP contribution in [0.5, 0.6) is 0 Å². The maximum absolute atomic E-state index is 5.89. The van der Waals surface area contributed by atoms with Gasteiger partial charge in [-0.2, -0.15) is 0 Å². The van der Waals surface area contributed by atoms with E-state index in [0.29, 0.717) is 0 Å². The molecule has 0 radical (unpaired) electrons. The van der Waals surface area contributed by atoms with Crippen molar-refractivity contribution in [3.8, 4) is 0 Å². The summed E-state index contributed by atoms with van der Waals surface area (Å²) in [5.74, 6) is 0. The summed E-state index contributed by atoms with van der Waals surface area (Å²) in [5, 5.41) is 0. The van der Waals surface area contributed by atoms with Gasteiger partial charge in [-0.1, -0.05) is 19.4 Å². The average molecular weight is 208 g/mol. The van der Waals surface area contributed by atoms with Crippen molar-refractivity contribution >= 4 is 0 Å². The summed E-state index contributed by atoms with van der Waals surface area (Å²) in [7, 11) is 0. The van der Waals surface area contributed by atoms with Gasteiger partial charge in [-0.05, 0) is 25.5 Å². The fourth-order valence-corrected chi connectivity index (χ4v) is 1.41. The van der Waals surface area contributed by atoms with E-state index >= 15 is 0 Å². The van der Waals surface area contributed by atoms with Gasteiger partial charge in [-0.3, -0.25) is 4.98 Å². The van der Waals surface area contributed by atoms with Crippen molar-refractivity contribution in [3.63, 3.8) is 0 Å². The van der Waals surface area contributed by atoms with Gasteiger partial charge >= 0.3 is 0 Å². The predicted molar refractivity (Wildman–Crippen MR) is 61.5 cm³/mol. The molecule has 1 heterocycles. The zero-order chi connectivity index (χ0) is 11.1. The van der Waals surface area contributed by atoms with Crippen LogP contribution in [0.25, 0.3) is 0 Å². The summed E-state index contributed by atoms with van der Waals surface area (Å²) >= 11 is 0. The second-order valence-electron chi connectivity index (χ2n) is 3.76. The molecule has 0 spiro atoms. The lowest BCUT2D eigenvalue weighted by Crippen LogP contribution is -2.28. The molecule has 0 aliphatic heterocycles. The third kappa shape index (κ3) is 3.98. The highest BCUT2D eigenvalue weighted by Crippen LogP contribution is 2.18. The third-order valence-electron chi connectivity index (χ3n) is 2.25. The molecular formula is C12H20N2O. The second kappa shape index (κ2) is 6.53. The maximum Gasteiger partial charge on any atom is 0.114 e. The molecule has 2 unspecified atom stereocenters. The zero-order valence-electron chi connectivity index (χ0n) is 9.52. The van der Waals surface area contributed by atoms with E-state index in [-0.39, 0.29) is 12.1 Å². The molecule has 2 N–H and O–H groups in total. The summed E-state index contributed by atoms with van der Waals surface area (Å²) in [6, 6.07) is 5.78. The van der Waals surface area contributed by atoms with Crippen molar-refractivity contribution in [2.24, 2.45) is 5.73 Å². The normalized spacial score (nSPS) is 14.9. The lowest BCUT2D eigenvalue weighted by Gasteiger charge is -2.20. The zero-order valence-corrected chi connectivity index (χ0v) is 9.52. The van der Waals surface area contributed by atoms with Crippen molar-refractivity contribution in [1.29, 1.82) is 0 Å². The molecule has 0 aliphatic rings. The maximum atomic E-state index is 5.89. The van der Waals surface area contributed by atoms with Crippen molar-refractivity contribution in [1.82, 2.24) is 4.98 Å². The molecule has 0 amide bonds. The molecule has 0 saturated heterocycles. The number of unbranched alkanes of at least 4 members (excludes halogenated alkanes) is 1. The number of ether oxygens (including phenoxy) is 1. The van der Waals surface area contributed by atoms with Crippen LogP contribution in [0.4, 0.5) is 0 Å². The van der Waals surface area contributed by atoms with Crippen LogP contribution in [-0.4, -0.2) is 17.6 Å². The minimum absolute atomic E-state index is 0.0308. The van der Waals surface area contributed by atoms with Crippen LogP contribution in [0.3, 0.4) is 0 Å². The molecule has 3 nitrogen and oxygen atoms in total. The van der Waals surface area contributed by atoms with Gasteiger partial charge in [0.15, 0.2) is 0 Å². The molecule has 0 bridgehead atoms. The molecular weight excluding hydrogens is 188 g/mol. The number of hydrogen-bond donors (Lipinski definition) is 1. The number of pyridine rings is 1. The van der Waals surface area contributed by atoms with E-state index in [1.807, 2.05) is 25.1 Å². The number of rotatable bonds is 6. The van der Waals surface area contributed by atoms with Crippen molar-refractivity contribution in [2.75, 3.05) is 6.61 Å². The Hall–Kier alpha value is -0.930. The summed E-state index contributed by atoms with van der Waals surface area (Å²) in [6.07, 6.45) is 3.88. The molecule has 15 heavy (non-hydrogen) atoms.